The van der Waals surface area contributed by atoms with Crippen LogP contribution in [0.2, 0.25) is 0 Å². The molecule has 3 rings (SSSR count). The SMILES string of the molecule is c1nn(CCC2CCCCC2)cc1OCC1CNC1. The van der Waals surface area contributed by atoms with Crippen LogP contribution in [0, 0.1) is 11.8 Å². The molecule has 106 valence electrons. The standard InChI is InChI=1S/C15H25N3O/c1-2-4-13(5-3-1)6-7-18-11-15(10-17-18)19-12-14-8-16-9-14/h10-11,13-14,16H,1-9,12H2. The lowest BCUT2D eigenvalue weighted by Gasteiger charge is -2.26. The summed E-state index contributed by atoms with van der Waals surface area (Å²) < 4.78 is 7.80. The van der Waals surface area contributed by atoms with E-state index in [-0.39, 0.29) is 0 Å². The predicted molar refractivity (Wildman–Crippen MR) is 75.3 cm³/mol. The molecule has 1 aromatic rings. The third-order valence-electron chi connectivity index (χ3n) is 4.45. The largest absolute Gasteiger partial charge is 0.490 e. The van der Waals surface area contributed by atoms with Crippen molar-refractivity contribution in [2.45, 2.75) is 45.1 Å². The second-order valence-electron chi connectivity index (χ2n) is 6.07. The predicted octanol–water partition coefficient (Wildman–Crippen LogP) is 2.45. The highest BCUT2D eigenvalue weighted by Crippen LogP contribution is 2.26. The van der Waals surface area contributed by atoms with Crippen LogP contribution in [-0.2, 0) is 6.54 Å². The van der Waals surface area contributed by atoms with Gasteiger partial charge in [-0.1, -0.05) is 32.1 Å². The van der Waals surface area contributed by atoms with Gasteiger partial charge in [0.15, 0.2) is 5.75 Å². The van der Waals surface area contributed by atoms with E-state index in [9.17, 15) is 0 Å². The van der Waals surface area contributed by atoms with Crippen LogP contribution in [0.1, 0.15) is 38.5 Å². The number of aryl methyl sites for hydroxylation is 1. The van der Waals surface area contributed by atoms with Crippen molar-refractivity contribution in [2.75, 3.05) is 19.7 Å². The van der Waals surface area contributed by atoms with Gasteiger partial charge in [-0.2, -0.15) is 5.10 Å². The van der Waals surface area contributed by atoms with Crippen molar-refractivity contribution in [3.05, 3.63) is 12.4 Å². The zero-order chi connectivity index (χ0) is 12.9. The van der Waals surface area contributed by atoms with Gasteiger partial charge in [0, 0.05) is 25.6 Å². The summed E-state index contributed by atoms with van der Waals surface area (Å²) in [6, 6.07) is 0. The first-order valence-corrected chi connectivity index (χ1v) is 7.76. The molecule has 0 amide bonds. The van der Waals surface area contributed by atoms with Gasteiger partial charge in [0.2, 0.25) is 0 Å². The molecule has 0 aromatic carbocycles. The van der Waals surface area contributed by atoms with Gasteiger partial charge >= 0.3 is 0 Å². The molecule has 1 aromatic heterocycles. The average molecular weight is 263 g/mol. The third kappa shape index (κ3) is 3.72. The Kier molecular flexibility index (Phi) is 4.38. The summed E-state index contributed by atoms with van der Waals surface area (Å²) in [6.07, 6.45) is 12.3. The molecule has 2 heterocycles. The molecule has 0 atom stereocenters. The number of nitrogens with zero attached hydrogens (tertiary/aromatic N) is 2. The first-order valence-electron chi connectivity index (χ1n) is 7.76. The molecule has 2 fully saturated rings. The monoisotopic (exact) mass is 263 g/mol. The van der Waals surface area contributed by atoms with Crippen molar-refractivity contribution in [3.63, 3.8) is 0 Å². The van der Waals surface area contributed by atoms with Crippen molar-refractivity contribution < 1.29 is 4.74 Å². The molecule has 1 saturated heterocycles. The summed E-state index contributed by atoms with van der Waals surface area (Å²) in [6.45, 7) is 4.05. The minimum absolute atomic E-state index is 0.686. The van der Waals surface area contributed by atoms with E-state index >= 15 is 0 Å². The van der Waals surface area contributed by atoms with E-state index in [1.165, 1.54) is 38.5 Å². The number of hydrogen-bond donors (Lipinski definition) is 1. The van der Waals surface area contributed by atoms with Gasteiger partial charge in [0.1, 0.15) is 0 Å². The molecule has 19 heavy (non-hydrogen) atoms. The first-order chi connectivity index (χ1) is 9.40. The van der Waals surface area contributed by atoms with Gasteiger partial charge in [0.25, 0.3) is 0 Å². The minimum Gasteiger partial charge on any atom is -0.490 e. The van der Waals surface area contributed by atoms with Gasteiger partial charge in [-0.3, -0.25) is 4.68 Å². The summed E-state index contributed by atoms with van der Waals surface area (Å²) in [5.41, 5.74) is 0. The maximum atomic E-state index is 5.76. The molecule has 1 aliphatic heterocycles. The lowest BCUT2D eigenvalue weighted by molar-refractivity contribution is 0.199. The Hall–Kier alpha value is -1.03. The molecule has 4 heteroatoms. The van der Waals surface area contributed by atoms with Crippen LogP contribution < -0.4 is 10.1 Å². The van der Waals surface area contributed by atoms with Crippen LogP contribution in [0.25, 0.3) is 0 Å². The molecular formula is C15H25N3O. The zero-order valence-electron chi connectivity index (χ0n) is 11.7. The van der Waals surface area contributed by atoms with Crippen LogP contribution in [0.4, 0.5) is 0 Å². The molecule has 0 spiro atoms. The Bertz CT molecular complexity index is 380. The minimum atomic E-state index is 0.686. The van der Waals surface area contributed by atoms with Crippen molar-refractivity contribution in [2.24, 2.45) is 11.8 Å². The van der Waals surface area contributed by atoms with Crippen LogP contribution >= 0.6 is 0 Å². The molecular weight excluding hydrogens is 238 g/mol. The van der Waals surface area contributed by atoms with Gasteiger partial charge in [-0.05, 0) is 12.3 Å². The van der Waals surface area contributed by atoms with Gasteiger partial charge < -0.3 is 10.1 Å². The summed E-state index contributed by atoms with van der Waals surface area (Å²) in [5, 5.41) is 7.66. The first kappa shape index (κ1) is 13.0. The van der Waals surface area contributed by atoms with E-state index < -0.39 is 0 Å². The van der Waals surface area contributed by atoms with Crippen LogP contribution in [0.5, 0.6) is 5.75 Å². The van der Waals surface area contributed by atoms with E-state index in [2.05, 4.69) is 16.6 Å². The summed E-state index contributed by atoms with van der Waals surface area (Å²) in [4.78, 5) is 0. The number of aromatic nitrogens is 2. The Balaban J connectivity index is 1.39. The molecule has 1 N–H and O–H groups in total. The third-order valence-corrected chi connectivity index (χ3v) is 4.45. The molecule has 0 unspecified atom stereocenters. The highest BCUT2D eigenvalue weighted by atomic mass is 16.5. The maximum absolute atomic E-state index is 5.76. The zero-order valence-corrected chi connectivity index (χ0v) is 11.7. The van der Waals surface area contributed by atoms with E-state index in [0.717, 1.165) is 37.9 Å². The molecule has 4 nitrogen and oxygen atoms in total. The Morgan fingerprint density at radius 2 is 2.05 bits per heavy atom. The molecule has 0 radical (unpaired) electrons. The topological polar surface area (TPSA) is 39.1 Å². The molecule has 2 aliphatic rings. The quantitative estimate of drug-likeness (QED) is 0.857. The fourth-order valence-electron chi connectivity index (χ4n) is 3.01. The Labute approximate surface area is 115 Å². The van der Waals surface area contributed by atoms with Gasteiger partial charge in [-0.15, -0.1) is 0 Å². The lowest BCUT2D eigenvalue weighted by atomic mass is 9.87. The highest BCUT2D eigenvalue weighted by Gasteiger charge is 2.17. The average Bonchev–Trinajstić information content (AvgIpc) is 2.84. The number of hydrogen-bond acceptors (Lipinski definition) is 3. The second-order valence-corrected chi connectivity index (χ2v) is 6.07. The molecule has 1 saturated carbocycles. The fourth-order valence-corrected chi connectivity index (χ4v) is 3.01. The Morgan fingerprint density at radius 1 is 1.21 bits per heavy atom. The second kappa shape index (κ2) is 6.42. The molecule has 1 aliphatic carbocycles. The smallest absolute Gasteiger partial charge is 0.157 e. The van der Waals surface area contributed by atoms with E-state index in [1.54, 1.807) is 0 Å². The van der Waals surface area contributed by atoms with Crippen molar-refractivity contribution in [3.8, 4) is 5.75 Å². The van der Waals surface area contributed by atoms with Crippen LogP contribution in [0.15, 0.2) is 12.4 Å². The van der Waals surface area contributed by atoms with Crippen LogP contribution in [-0.4, -0.2) is 29.5 Å². The van der Waals surface area contributed by atoms with E-state index in [4.69, 9.17) is 4.74 Å². The van der Waals surface area contributed by atoms with E-state index in [0.29, 0.717) is 5.92 Å². The van der Waals surface area contributed by atoms with Crippen molar-refractivity contribution >= 4 is 0 Å². The van der Waals surface area contributed by atoms with Crippen molar-refractivity contribution in [1.29, 1.82) is 0 Å². The van der Waals surface area contributed by atoms with Crippen LogP contribution in [0.3, 0.4) is 0 Å². The highest BCUT2D eigenvalue weighted by molar-refractivity contribution is 5.11. The summed E-state index contributed by atoms with van der Waals surface area (Å²) in [5.74, 6) is 2.53. The lowest BCUT2D eigenvalue weighted by Crippen LogP contribution is -2.45. The van der Waals surface area contributed by atoms with Crippen molar-refractivity contribution in [1.82, 2.24) is 15.1 Å². The number of rotatable bonds is 6. The Morgan fingerprint density at radius 3 is 2.79 bits per heavy atom. The number of ether oxygens (including phenoxy) is 1. The number of nitrogens with one attached hydrogen (secondary N) is 1. The van der Waals surface area contributed by atoms with E-state index in [1.807, 2.05) is 10.9 Å². The molecule has 0 bridgehead atoms. The summed E-state index contributed by atoms with van der Waals surface area (Å²) in [7, 11) is 0. The van der Waals surface area contributed by atoms with Gasteiger partial charge in [-0.25, -0.2) is 0 Å². The fraction of sp³-hybridized carbons (Fsp3) is 0.800. The maximum Gasteiger partial charge on any atom is 0.157 e. The normalized spacial score (nSPS) is 21.3. The van der Waals surface area contributed by atoms with Gasteiger partial charge in [0.05, 0.1) is 19.0 Å². The summed E-state index contributed by atoms with van der Waals surface area (Å²) >= 11 is 0.